The molecule has 5 aliphatic carbocycles. The average Bonchev–Trinajstić information content (AvgIpc) is 2.44. The van der Waals surface area contributed by atoms with E-state index in [9.17, 15) is 0 Å². The van der Waals surface area contributed by atoms with Crippen molar-refractivity contribution in [3.8, 4) is 0 Å². The normalized spacial score (nSPS) is 45.8. The third-order valence-corrected chi connectivity index (χ3v) is 7.41. The number of hydrogen-bond donors (Lipinski definition) is 1. The predicted octanol–water partition coefficient (Wildman–Crippen LogP) is 4.76. The Morgan fingerprint density at radius 2 is 1.45 bits per heavy atom. The molecule has 0 radical (unpaired) electrons. The standard InChI is InChI=1S/C19H33N/c1-20-18(17-5-3-2-4-6-17)13-19-10-14-7-15(11-19)9-16(8-14)12-19/h14-18,20H,2-13H2,1H3. The van der Waals surface area contributed by atoms with Crippen molar-refractivity contribution in [2.45, 2.75) is 83.1 Å². The van der Waals surface area contributed by atoms with Gasteiger partial charge < -0.3 is 5.32 Å². The minimum Gasteiger partial charge on any atom is -0.317 e. The van der Waals surface area contributed by atoms with E-state index in [-0.39, 0.29) is 0 Å². The Morgan fingerprint density at radius 3 is 1.95 bits per heavy atom. The first-order chi connectivity index (χ1) is 9.76. The maximum atomic E-state index is 3.75. The van der Waals surface area contributed by atoms with Gasteiger partial charge >= 0.3 is 0 Å². The summed E-state index contributed by atoms with van der Waals surface area (Å²) in [6.07, 6.45) is 18.5. The molecule has 0 saturated heterocycles. The lowest BCUT2D eigenvalue weighted by Crippen LogP contribution is -2.50. The fourth-order valence-corrected chi connectivity index (χ4v) is 7.05. The van der Waals surface area contributed by atoms with E-state index in [2.05, 4.69) is 12.4 Å². The van der Waals surface area contributed by atoms with Crippen LogP contribution in [0.2, 0.25) is 0 Å². The summed E-state index contributed by atoms with van der Waals surface area (Å²) >= 11 is 0. The Hall–Kier alpha value is -0.0400. The van der Waals surface area contributed by atoms with Crippen LogP contribution in [0.4, 0.5) is 0 Å². The van der Waals surface area contributed by atoms with E-state index in [1.165, 1.54) is 38.5 Å². The molecule has 114 valence electrons. The van der Waals surface area contributed by atoms with Crippen molar-refractivity contribution in [2.24, 2.45) is 29.1 Å². The first kappa shape index (κ1) is 13.6. The van der Waals surface area contributed by atoms with Crippen LogP contribution in [0.3, 0.4) is 0 Å². The molecule has 1 N–H and O–H groups in total. The van der Waals surface area contributed by atoms with Crippen LogP contribution in [-0.4, -0.2) is 13.1 Å². The minimum atomic E-state index is 0.764. The van der Waals surface area contributed by atoms with Gasteiger partial charge in [-0.05, 0) is 93.9 Å². The van der Waals surface area contributed by atoms with Crippen LogP contribution < -0.4 is 5.32 Å². The lowest BCUT2D eigenvalue weighted by atomic mass is 9.48. The third kappa shape index (κ3) is 2.45. The summed E-state index contributed by atoms with van der Waals surface area (Å²) in [6.45, 7) is 0. The van der Waals surface area contributed by atoms with E-state index >= 15 is 0 Å². The van der Waals surface area contributed by atoms with E-state index in [0.29, 0.717) is 0 Å². The maximum absolute atomic E-state index is 3.75. The first-order valence-corrected chi connectivity index (χ1v) is 9.44. The molecule has 0 aromatic heterocycles. The Balaban J connectivity index is 1.46. The lowest BCUT2D eigenvalue weighted by Gasteiger charge is -2.58. The topological polar surface area (TPSA) is 12.0 Å². The summed E-state index contributed by atoms with van der Waals surface area (Å²) in [4.78, 5) is 0. The number of hydrogen-bond acceptors (Lipinski definition) is 1. The molecule has 20 heavy (non-hydrogen) atoms. The zero-order chi connectivity index (χ0) is 13.6. The van der Waals surface area contributed by atoms with Crippen LogP contribution in [0.15, 0.2) is 0 Å². The Kier molecular flexibility index (Phi) is 3.61. The molecule has 0 heterocycles. The molecule has 0 amide bonds. The number of nitrogens with one attached hydrogen (secondary N) is 1. The van der Waals surface area contributed by atoms with E-state index in [0.717, 1.165) is 35.1 Å². The van der Waals surface area contributed by atoms with Gasteiger partial charge in [0.25, 0.3) is 0 Å². The van der Waals surface area contributed by atoms with Crippen molar-refractivity contribution in [1.29, 1.82) is 0 Å². The van der Waals surface area contributed by atoms with Crippen LogP contribution in [0.1, 0.15) is 77.0 Å². The lowest BCUT2D eigenvalue weighted by molar-refractivity contribution is -0.0654. The average molecular weight is 275 g/mol. The second kappa shape index (κ2) is 5.30. The summed E-state index contributed by atoms with van der Waals surface area (Å²) in [5.41, 5.74) is 0.764. The molecule has 1 atom stereocenters. The zero-order valence-electron chi connectivity index (χ0n) is 13.4. The molecule has 1 nitrogen and oxygen atoms in total. The van der Waals surface area contributed by atoms with Crippen molar-refractivity contribution >= 4 is 0 Å². The van der Waals surface area contributed by atoms with Crippen molar-refractivity contribution in [3.05, 3.63) is 0 Å². The highest BCUT2D eigenvalue weighted by Gasteiger charge is 2.51. The molecule has 1 heteroatoms. The Morgan fingerprint density at radius 1 is 0.900 bits per heavy atom. The van der Waals surface area contributed by atoms with Gasteiger partial charge in [0.15, 0.2) is 0 Å². The smallest absolute Gasteiger partial charge is 0.00976 e. The Bertz CT molecular complexity index is 306. The van der Waals surface area contributed by atoms with Gasteiger partial charge in [-0.15, -0.1) is 0 Å². The van der Waals surface area contributed by atoms with Crippen LogP contribution in [0.5, 0.6) is 0 Å². The second-order valence-corrected chi connectivity index (χ2v) is 8.91. The zero-order valence-corrected chi connectivity index (χ0v) is 13.4. The molecule has 5 aliphatic rings. The monoisotopic (exact) mass is 275 g/mol. The fraction of sp³-hybridized carbons (Fsp3) is 1.00. The van der Waals surface area contributed by atoms with Crippen molar-refractivity contribution < 1.29 is 0 Å². The molecule has 4 bridgehead atoms. The van der Waals surface area contributed by atoms with Gasteiger partial charge in [0, 0.05) is 6.04 Å². The highest BCUT2D eigenvalue weighted by molar-refractivity contribution is 5.03. The minimum absolute atomic E-state index is 0.764. The van der Waals surface area contributed by atoms with Crippen LogP contribution in [-0.2, 0) is 0 Å². The van der Waals surface area contributed by atoms with E-state index in [1.807, 2.05) is 0 Å². The summed E-state index contributed by atoms with van der Waals surface area (Å²) < 4.78 is 0. The fourth-order valence-electron chi connectivity index (χ4n) is 7.05. The van der Waals surface area contributed by atoms with Crippen LogP contribution >= 0.6 is 0 Å². The molecule has 0 aliphatic heterocycles. The van der Waals surface area contributed by atoms with Crippen LogP contribution in [0, 0.1) is 29.1 Å². The van der Waals surface area contributed by atoms with Gasteiger partial charge in [0.05, 0.1) is 0 Å². The van der Waals surface area contributed by atoms with Crippen molar-refractivity contribution in [2.75, 3.05) is 7.05 Å². The van der Waals surface area contributed by atoms with Gasteiger partial charge in [-0.2, -0.15) is 0 Å². The van der Waals surface area contributed by atoms with Gasteiger partial charge in [-0.3, -0.25) is 0 Å². The molecule has 0 spiro atoms. The molecular weight excluding hydrogens is 242 g/mol. The highest BCUT2D eigenvalue weighted by atomic mass is 14.9. The largest absolute Gasteiger partial charge is 0.317 e. The molecule has 0 aromatic carbocycles. The number of rotatable bonds is 4. The first-order valence-electron chi connectivity index (χ1n) is 9.44. The molecular formula is C19H33N. The molecule has 5 fully saturated rings. The molecule has 5 rings (SSSR count). The summed E-state index contributed by atoms with van der Waals surface area (Å²) in [5, 5.41) is 3.75. The summed E-state index contributed by atoms with van der Waals surface area (Å²) in [6, 6.07) is 0.826. The molecule has 1 unspecified atom stereocenters. The SMILES string of the molecule is CNC(CC12CC3CC(CC(C3)C1)C2)C1CCCCC1. The predicted molar refractivity (Wildman–Crippen MR) is 84.6 cm³/mol. The van der Waals surface area contributed by atoms with Gasteiger partial charge in [-0.1, -0.05) is 19.3 Å². The van der Waals surface area contributed by atoms with Gasteiger partial charge in [0.2, 0.25) is 0 Å². The van der Waals surface area contributed by atoms with Crippen LogP contribution in [0.25, 0.3) is 0 Å². The molecule has 0 aromatic rings. The quantitative estimate of drug-likeness (QED) is 0.780. The highest BCUT2D eigenvalue weighted by Crippen LogP contribution is 2.62. The Labute approximate surface area is 125 Å². The van der Waals surface area contributed by atoms with Crippen molar-refractivity contribution in [3.63, 3.8) is 0 Å². The van der Waals surface area contributed by atoms with E-state index < -0.39 is 0 Å². The molecule has 5 saturated carbocycles. The van der Waals surface area contributed by atoms with E-state index in [4.69, 9.17) is 0 Å². The second-order valence-electron chi connectivity index (χ2n) is 8.91. The van der Waals surface area contributed by atoms with Crippen molar-refractivity contribution in [1.82, 2.24) is 5.32 Å². The summed E-state index contributed by atoms with van der Waals surface area (Å²) in [7, 11) is 2.24. The maximum Gasteiger partial charge on any atom is 0.00976 e. The summed E-state index contributed by atoms with van der Waals surface area (Å²) in [5.74, 6) is 4.34. The van der Waals surface area contributed by atoms with E-state index in [1.54, 1.807) is 38.5 Å². The third-order valence-electron chi connectivity index (χ3n) is 7.41. The van der Waals surface area contributed by atoms with Gasteiger partial charge in [-0.25, -0.2) is 0 Å². The van der Waals surface area contributed by atoms with Gasteiger partial charge in [0.1, 0.15) is 0 Å².